The van der Waals surface area contributed by atoms with Crippen LogP contribution in [0, 0.1) is 11.8 Å². The number of nitrogens with one attached hydrogen (secondary N) is 3. The minimum absolute atomic E-state index is 0.130. The van der Waals surface area contributed by atoms with Crippen LogP contribution in [0.25, 0.3) is 0 Å². The van der Waals surface area contributed by atoms with Crippen LogP contribution in [0.3, 0.4) is 0 Å². The molecule has 6 N–H and O–H groups in total. The molecule has 156 valence electrons. The molecule has 0 fully saturated rings. The highest BCUT2D eigenvalue weighted by Gasteiger charge is 2.31. The van der Waals surface area contributed by atoms with E-state index in [0.717, 1.165) is 0 Å². The summed E-state index contributed by atoms with van der Waals surface area (Å²) in [6, 6.07) is -3.75. The van der Waals surface area contributed by atoms with Gasteiger partial charge in [-0.2, -0.15) is 12.6 Å². The van der Waals surface area contributed by atoms with Crippen molar-refractivity contribution in [3.8, 4) is 0 Å². The quantitative estimate of drug-likeness (QED) is 0.256. The number of rotatable bonds is 11. The number of hydrogen-bond donors (Lipinski definition) is 6. The van der Waals surface area contributed by atoms with E-state index in [-0.39, 0.29) is 17.6 Å². The normalized spacial score (nSPS) is 16.6. The van der Waals surface area contributed by atoms with Crippen molar-refractivity contribution in [3.05, 3.63) is 0 Å². The molecule has 27 heavy (non-hydrogen) atoms. The summed E-state index contributed by atoms with van der Waals surface area (Å²) in [4.78, 5) is 48.0. The molecule has 0 aromatic heterocycles. The highest BCUT2D eigenvalue weighted by Crippen LogP contribution is 2.09. The fourth-order valence-electron chi connectivity index (χ4n) is 2.21. The van der Waals surface area contributed by atoms with E-state index in [4.69, 9.17) is 10.8 Å². The van der Waals surface area contributed by atoms with E-state index in [1.54, 1.807) is 20.8 Å². The summed E-state index contributed by atoms with van der Waals surface area (Å²) in [5.74, 6) is -3.20. The molecule has 9 nitrogen and oxygen atoms in total. The van der Waals surface area contributed by atoms with Crippen LogP contribution in [0.4, 0.5) is 0 Å². The third-order valence-corrected chi connectivity index (χ3v) is 4.70. The number of thiol groups is 1. The van der Waals surface area contributed by atoms with Gasteiger partial charge in [-0.3, -0.25) is 14.4 Å². The molecular weight excluding hydrogens is 372 g/mol. The number of carbonyl (C=O) groups excluding carboxylic acids is 3. The minimum Gasteiger partial charge on any atom is -0.480 e. The molecule has 0 spiro atoms. The van der Waals surface area contributed by atoms with E-state index in [1.165, 1.54) is 6.92 Å². The molecule has 0 aliphatic carbocycles. The van der Waals surface area contributed by atoms with Gasteiger partial charge in [0.25, 0.3) is 0 Å². The minimum atomic E-state index is -1.15. The second-order valence-electron chi connectivity index (χ2n) is 6.96. The first kappa shape index (κ1) is 25.2. The van der Waals surface area contributed by atoms with E-state index in [0.29, 0.717) is 6.42 Å². The third kappa shape index (κ3) is 8.17. The first-order valence-corrected chi connectivity index (χ1v) is 9.59. The Kier molecular flexibility index (Phi) is 11.0. The molecule has 0 rings (SSSR count). The number of carboxylic acid groups (broad SMARTS) is 1. The molecule has 0 aliphatic heterocycles. The van der Waals surface area contributed by atoms with Gasteiger partial charge in [0.1, 0.15) is 18.1 Å². The second-order valence-corrected chi connectivity index (χ2v) is 7.32. The number of carbonyl (C=O) groups is 4. The number of aliphatic carboxylic acids is 1. The molecule has 5 unspecified atom stereocenters. The zero-order chi connectivity index (χ0) is 21.3. The number of carboxylic acids is 1. The van der Waals surface area contributed by atoms with Gasteiger partial charge in [-0.15, -0.1) is 0 Å². The smallest absolute Gasteiger partial charge is 0.326 e. The summed E-state index contributed by atoms with van der Waals surface area (Å²) in [5.41, 5.74) is 5.63. The van der Waals surface area contributed by atoms with Crippen LogP contribution in [0.2, 0.25) is 0 Å². The van der Waals surface area contributed by atoms with Crippen molar-refractivity contribution in [1.29, 1.82) is 0 Å². The molecule has 0 bridgehead atoms. The van der Waals surface area contributed by atoms with E-state index in [9.17, 15) is 19.2 Å². The van der Waals surface area contributed by atoms with Crippen LogP contribution < -0.4 is 21.7 Å². The summed E-state index contributed by atoms with van der Waals surface area (Å²) in [7, 11) is 0. The first-order valence-electron chi connectivity index (χ1n) is 8.96. The molecule has 3 amide bonds. The number of nitrogens with two attached hydrogens (primary N) is 1. The number of amides is 3. The predicted octanol–water partition coefficient (Wildman–Crippen LogP) is -0.495. The Labute approximate surface area is 165 Å². The highest BCUT2D eigenvalue weighted by molar-refractivity contribution is 7.80. The van der Waals surface area contributed by atoms with Crippen molar-refractivity contribution in [1.82, 2.24) is 16.0 Å². The lowest BCUT2D eigenvalue weighted by molar-refractivity contribution is -0.143. The van der Waals surface area contributed by atoms with E-state index in [2.05, 4.69) is 28.6 Å². The molecular formula is C17H32N4O5S. The van der Waals surface area contributed by atoms with Gasteiger partial charge in [-0.25, -0.2) is 4.79 Å². The van der Waals surface area contributed by atoms with Gasteiger partial charge < -0.3 is 26.8 Å². The van der Waals surface area contributed by atoms with Gasteiger partial charge >= 0.3 is 5.97 Å². The summed E-state index contributed by atoms with van der Waals surface area (Å²) < 4.78 is 0. The lowest BCUT2D eigenvalue weighted by Crippen LogP contribution is -2.58. The standard InChI is InChI=1S/C17H32N4O5S/c1-6-9(4)13(21-15(23)11(18)7-27)16(24)19-10(5)14(22)20-12(8(2)3)17(25)26/h8-13,27H,6-7,18H2,1-5H3,(H,19,24)(H,20,22)(H,21,23)(H,25,26). The van der Waals surface area contributed by atoms with Gasteiger partial charge in [0.15, 0.2) is 0 Å². The van der Waals surface area contributed by atoms with Crippen LogP contribution in [0.1, 0.15) is 41.0 Å². The fraction of sp³-hybridized carbons (Fsp3) is 0.765. The highest BCUT2D eigenvalue weighted by atomic mass is 32.1. The Morgan fingerprint density at radius 1 is 0.926 bits per heavy atom. The maximum absolute atomic E-state index is 12.6. The lowest BCUT2D eigenvalue weighted by Gasteiger charge is -2.27. The van der Waals surface area contributed by atoms with Crippen molar-refractivity contribution >= 4 is 36.3 Å². The van der Waals surface area contributed by atoms with Crippen molar-refractivity contribution in [3.63, 3.8) is 0 Å². The Morgan fingerprint density at radius 3 is 1.85 bits per heavy atom. The first-order chi connectivity index (χ1) is 12.5. The summed E-state index contributed by atoms with van der Waals surface area (Å²) in [5, 5.41) is 16.7. The molecule has 0 aliphatic rings. The molecule has 0 saturated heterocycles. The van der Waals surface area contributed by atoms with Gasteiger partial charge in [0, 0.05) is 5.75 Å². The Morgan fingerprint density at radius 2 is 1.44 bits per heavy atom. The van der Waals surface area contributed by atoms with E-state index >= 15 is 0 Å². The van der Waals surface area contributed by atoms with Crippen molar-refractivity contribution < 1.29 is 24.3 Å². The molecule has 0 aromatic carbocycles. The average molecular weight is 405 g/mol. The van der Waals surface area contributed by atoms with E-state index in [1.807, 2.05) is 6.92 Å². The maximum Gasteiger partial charge on any atom is 0.326 e. The van der Waals surface area contributed by atoms with Crippen molar-refractivity contribution in [2.24, 2.45) is 17.6 Å². The molecule has 0 heterocycles. The lowest BCUT2D eigenvalue weighted by atomic mass is 9.97. The topological polar surface area (TPSA) is 151 Å². The maximum atomic E-state index is 12.6. The fourth-order valence-corrected chi connectivity index (χ4v) is 2.37. The van der Waals surface area contributed by atoms with Crippen molar-refractivity contribution in [2.45, 2.75) is 65.2 Å². The predicted molar refractivity (Wildman–Crippen MR) is 105 cm³/mol. The molecule has 0 radical (unpaired) electrons. The number of hydrogen-bond acceptors (Lipinski definition) is 6. The van der Waals surface area contributed by atoms with Crippen LogP contribution >= 0.6 is 12.6 Å². The Hall–Kier alpha value is -1.81. The van der Waals surface area contributed by atoms with Crippen LogP contribution in [0.15, 0.2) is 0 Å². The van der Waals surface area contributed by atoms with Crippen LogP contribution in [0.5, 0.6) is 0 Å². The zero-order valence-electron chi connectivity index (χ0n) is 16.5. The second kappa shape index (κ2) is 11.8. The largest absolute Gasteiger partial charge is 0.480 e. The van der Waals surface area contributed by atoms with Crippen molar-refractivity contribution in [2.75, 3.05) is 5.75 Å². The summed E-state index contributed by atoms with van der Waals surface area (Å²) in [6.07, 6.45) is 0.615. The molecule has 0 saturated carbocycles. The molecule has 0 aromatic rings. The monoisotopic (exact) mass is 404 g/mol. The molecule has 5 atom stereocenters. The summed E-state index contributed by atoms with van der Waals surface area (Å²) >= 11 is 3.96. The van der Waals surface area contributed by atoms with Gasteiger partial charge in [0.05, 0.1) is 6.04 Å². The summed E-state index contributed by atoms with van der Waals surface area (Å²) in [6.45, 7) is 8.44. The van der Waals surface area contributed by atoms with Gasteiger partial charge in [-0.1, -0.05) is 34.1 Å². The SMILES string of the molecule is CCC(C)C(NC(=O)C(N)CS)C(=O)NC(C)C(=O)NC(C(=O)O)C(C)C. The Balaban J connectivity index is 5.06. The van der Waals surface area contributed by atoms with Gasteiger partial charge in [-0.05, 0) is 18.8 Å². The third-order valence-electron chi connectivity index (χ3n) is 4.31. The molecule has 10 heteroatoms. The zero-order valence-corrected chi connectivity index (χ0v) is 17.4. The van der Waals surface area contributed by atoms with Crippen LogP contribution in [-0.2, 0) is 19.2 Å². The Bertz CT molecular complexity index is 543. The van der Waals surface area contributed by atoms with Crippen LogP contribution in [-0.4, -0.2) is 58.7 Å². The average Bonchev–Trinajstić information content (AvgIpc) is 2.61. The van der Waals surface area contributed by atoms with E-state index < -0.39 is 47.9 Å². The van der Waals surface area contributed by atoms with Gasteiger partial charge in [0.2, 0.25) is 17.7 Å².